The molecule has 2 aliphatic rings. The molecule has 0 radical (unpaired) electrons. The number of aryl methyl sites for hydroxylation is 6. The van der Waals surface area contributed by atoms with E-state index in [9.17, 15) is 16.8 Å². The van der Waals surface area contributed by atoms with Gasteiger partial charge in [0.2, 0.25) is 20.0 Å². The smallest absolute Gasteiger partial charge is 0.243 e. The SMILES string of the molecule is Cc1ccc(-c2c(C)noc2C)cc1S(=O)(=O)N1CCN(CCCN2CCN(S(=O)(=O)c3cc(-c4c(C)noc4C)ccc3C)CC2)CC1. The van der Waals surface area contributed by atoms with Crippen LogP contribution in [0.4, 0.5) is 0 Å². The zero-order chi connectivity index (χ0) is 35.1. The fraction of sp³-hybridized carbons (Fsp3) is 0.486. The second-order valence-corrected chi connectivity index (χ2v) is 17.0. The van der Waals surface area contributed by atoms with Crippen LogP contribution in [0.25, 0.3) is 22.3 Å². The highest BCUT2D eigenvalue weighted by atomic mass is 32.2. The third kappa shape index (κ3) is 7.12. The fourth-order valence-corrected chi connectivity index (χ4v) is 10.4. The topological polar surface area (TPSA) is 133 Å². The van der Waals surface area contributed by atoms with Gasteiger partial charge in [0.05, 0.1) is 21.2 Å². The summed E-state index contributed by atoms with van der Waals surface area (Å²) >= 11 is 0. The van der Waals surface area contributed by atoms with Gasteiger partial charge in [0.1, 0.15) is 11.5 Å². The minimum atomic E-state index is -3.66. The first kappa shape index (κ1) is 35.4. The van der Waals surface area contributed by atoms with Gasteiger partial charge in [0.25, 0.3) is 0 Å². The van der Waals surface area contributed by atoms with Gasteiger partial charge in [-0.05, 0) is 95.4 Å². The summed E-state index contributed by atoms with van der Waals surface area (Å²) in [6, 6.07) is 11.0. The van der Waals surface area contributed by atoms with Gasteiger partial charge in [-0.1, -0.05) is 34.6 Å². The van der Waals surface area contributed by atoms with Crippen molar-refractivity contribution in [2.24, 2.45) is 0 Å². The molecule has 0 unspecified atom stereocenters. The number of hydrogen-bond acceptors (Lipinski definition) is 10. The van der Waals surface area contributed by atoms with E-state index < -0.39 is 20.0 Å². The van der Waals surface area contributed by atoms with Crippen molar-refractivity contribution < 1.29 is 25.9 Å². The van der Waals surface area contributed by atoms with Crippen LogP contribution in [0.2, 0.25) is 0 Å². The monoisotopic (exact) mass is 710 g/mol. The van der Waals surface area contributed by atoms with Crippen molar-refractivity contribution in [3.63, 3.8) is 0 Å². The van der Waals surface area contributed by atoms with Crippen LogP contribution in [0.15, 0.2) is 55.2 Å². The summed E-state index contributed by atoms with van der Waals surface area (Å²) < 4.78 is 68.8. The van der Waals surface area contributed by atoms with E-state index in [1.165, 1.54) is 0 Å². The van der Waals surface area contributed by atoms with E-state index in [1.807, 2.05) is 65.8 Å². The van der Waals surface area contributed by atoms with Crippen molar-refractivity contribution in [2.45, 2.75) is 57.8 Å². The molecule has 49 heavy (non-hydrogen) atoms. The van der Waals surface area contributed by atoms with Gasteiger partial charge in [-0.25, -0.2) is 16.8 Å². The van der Waals surface area contributed by atoms with Crippen LogP contribution in [-0.4, -0.2) is 111 Å². The highest BCUT2D eigenvalue weighted by Crippen LogP contribution is 2.33. The summed E-state index contributed by atoms with van der Waals surface area (Å²) in [6.07, 6.45) is 0.927. The molecular formula is C35H46N6O6S2. The van der Waals surface area contributed by atoms with Gasteiger partial charge >= 0.3 is 0 Å². The van der Waals surface area contributed by atoms with E-state index in [-0.39, 0.29) is 0 Å². The molecule has 2 aliphatic heterocycles. The summed E-state index contributed by atoms with van der Waals surface area (Å²) in [6.45, 7) is 17.2. The van der Waals surface area contributed by atoms with Gasteiger partial charge in [-0.3, -0.25) is 0 Å². The maximum Gasteiger partial charge on any atom is 0.243 e. The summed E-state index contributed by atoms with van der Waals surface area (Å²) in [5, 5.41) is 8.05. The molecule has 0 aliphatic carbocycles. The number of piperazine rings is 2. The molecule has 2 aromatic heterocycles. The molecule has 2 fully saturated rings. The Morgan fingerprint density at radius 1 is 0.571 bits per heavy atom. The summed E-state index contributed by atoms with van der Waals surface area (Å²) in [5.41, 5.74) is 6.13. The second kappa shape index (κ2) is 14.1. The van der Waals surface area contributed by atoms with Crippen LogP contribution in [-0.2, 0) is 20.0 Å². The lowest BCUT2D eigenvalue weighted by atomic mass is 10.0. The van der Waals surface area contributed by atoms with Crippen LogP contribution in [0.3, 0.4) is 0 Å². The van der Waals surface area contributed by atoms with E-state index in [4.69, 9.17) is 9.05 Å². The summed E-state index contributed by atoms with van der Waals surface area (Å²) in [7, 11) is -7.33. The first-order chi connectivity index (χ1) is 23.3. The predicted octanol–water partition coefficient (Wildman–Crippen LogP) is 4.55. The van der Waals surface area contributed by atoms with E-state index >= 15 is 0 Å². The molecule has 0 amide bonds. The quantitative estimate of drug-likeness (QED) is 0.231. The molecule has 2 saturated heterocycles. The Bertz CT molecular complexity index is 1850. The fourth-order valence-electron chi connectivity index (χ4n) is 7.04. The van der Waals surface area contributed by atoms with Crippen LogP contribution in [0.5, 0.6) is 0 Å². The van der Waals surface area contributed by atoms with E-state index in [2.05, 4.69) is 20.1 Å². The van der Waals surface area contributed by atoms with Crippen molar-refractivity contribution in [1.82, 2.24) is 28.7 Å². The van der Waals surface area contributed by atoms with Crippen LogP contribution in [0.1, 0.15) is 40.5 Å². The highest BCUT2D eigenvalue weighted by Gasteiger charge is 2.32. The second-order valence-electron chi connectivity index (χ2n) is 13.2. The average molecular weight is 711 g/mol. The lowest BCUT2D eigenvalue weighted by molar-refractivity contribution is 0.156. The van der Waals surface area contributed by atoms with Crippen LogP contribution in [0, 0.1) is 41.5 Å². The van der Waals surface area contributed by atoms with Crippen molar-refractivity contribution in [2.75, 3.05) is 65.4 Å². The van der Waals surface area contributed by atoms with E-state index in [0.29, 0.717) is 84.8 Å². The Morgan fingerprint density at radius 2 is 0.939 bits per heavy atom. The largest absolute Gasteiger partial charge is 0.361 e. The number of benzene rings is 2. The molecule has 2 aromatic carbocycles. The molecule has 4 heterocycles. The molecule has 0 spiro atoms. The number of nitrogens with zero attached hydrogens (tertiary/aromatic N) is 6. The first-order valence-corrected chi connectivity index (χ1v) is 19.7. The number of sulfonamides is 2. The summed E-state index contributed by atoms with van der Waals surface area (Å²) in [5.74, 6) is 1.33. The molecule has 0 bridgehead atoms. The number of rotatable bonds is 10. The zero-order valence-electron chi connectivity index (χ0n) is 29.2. The number of aromatic nitrogens is 2. The average Bonchev–Trinajstić information content (AvgIpc) is 3.60. The van der Waals surface area contributed by atoms with Crippen LogP contribution >= 0.6 is 0 Å². The van der Waals surface area contributed by atoms with Gasteiger partial charge in [-0.2, -0.15) is 8.61 Å². The van der Waals surface area contributed by atoms with Gasteiger partial charge < -0.3 is 18.8 Å². The van der Waals surface area contributed by atoms with Crippen LogP contribution < -0.4 is 0 Å². The molecule has 14 heteroatoms. The van der Waals surface area contributed by atoms with E-state index in [1.54, 1.807) is 20.7 Å². The maximum atomic E-state index is 13.7. The maximum absolute atomic E-state index is 13.7. The molecule has 12 nitrogen and oxygen atoms in total. The van der Waals surface area contributed by atoms with Crippen molar-refractivity contribution in [1.29, 1.82) is 0 Å². The lowest BCUT2D eigenvalue weighted by Crippen LogP contribution is -2.50. The standard InChI is InChI=1S/C35H46N6O6S2/c1-24-8-10-30(34-26(3)36-46-28(34)5)22-32(24)48(42,43)40-18-14-38(15-19-40)12-7-13-39-16-20-41(21-17-39)49(44,45)33-23-31(11-9-25(33)2)35-27(4)37-47-29(35)6/h8-11,22-23H,7,12-21H2,1-6H3. The minimum absolute atomic E-state index is 0.322. The molecule has 6 rings (SSSR count). The number of hydrogen-bond donors (Lipinski definition) is 0. The first-order valence-electron chi connectivity index (χ1n) is 16.8. The Balaban J connectivity index is 0.991. The molecular weight excluding hydrogens is 665 g/mol. The Kier molecular flexibility index (Phi) is 10.2. The van der Waals surface area contributed by atoms with E-state index in [0.717, 1.165) is 53.2 Å². The molecule has 0 N–H and O–H groups in total. The highest BCUT2D eigenvalue weighted by molar-refractivity contribution is 7.89. The Labute approximate surface area is 289 Å². The van der Waals surface area contributed by atoms with Crippen molar-refractivity contribution >= 4 is 20.0 Å². The molecule has 0 atom stereocenters. The lowest BCUT2D eigenvalue weighted by Gasteiger charge is -2.36. The van der Waals surface area contributed by atoms with Crippen molar-refractivity contribution in [3.05, 3.63) is 70.4 Å². The normalized spacial score (nSPS) is 17.6. The van der Waals surface area contributed by atoms with Crippen molar-refractivity contribution in [3.8, 4) is 22.3 Å². The third-order valence-electron chi connectivity index (χ3n) is 9.87. The Hall–Kier alpha value is -3.40. The van der Waals surface area contributed by atoms with Gasteiger partial charge in [-0.15, -0.1) is 0 Å². The zero-order valence-corrected chi connectivity index (χ0v) is 30.8. The molecule has 4 aromatic rings. The van der Waals surface area contributed by atoms with Gasteiger partial charge in [0, 0.05) is 63.5 Å². The Morgan fingerprint density at radius 3 is 1.27 bits per heavy atom. The molecule has 0 saturated carbocycles. The van der Waals surface area contributed by atoms with Gasteiger partial charge in [0.15, 0.2) is 0 Å². The third-order valence-corrected chi connectivity index (χ3v) is 13.9. The minimum Gasteiger partial charge on any atom is -0.361 e. The predicted molar refractivity (Wildman–Crippen MR) is 187 cm³/mol. The molecule has 264 valence electrons. The summed E-state index contributed by atoms with van der Waals surface area (Å²) in [4.78, 5) is 5.27.